The fourth-order valence-electron chi connectivity index (χ4n) is 3.33. The molecule has 6 nitrogen and oxygen atoms in total. The maximum Gasteiger partial charge on any atom is 0.257 e. The molecule has 1 heterocycles. The van der Waals surface area contributed by atoms with E-state index in [2.05, 4.69) is 11.4 Å². The van der Waals surface area contributed by atoms with Crippen LogP contribution in [0, 0.1) is 11.3 Å². The summed E-state index contributed by atoms with van der Waals surface area (Å²) in [4.78, 5) is 27.6. The van der Waals surface area contributed by atoms with Gasteiger partial charge < -0.3 is 15.0 Å². The lowest BCUT2D eigenvalue weighted by atomic mass is 9.83. The van der Waals surface area contributed by atoms with Gasteiger partial charge in [0.15, 0.2) is 5.41 Å². The van der Waals surface area contributed by atoms with Gasteiger partial charge >= 0.3 is 0 Å². The summed E-state index contributed by atoms with van der Waals surface area (Å²) < 4.78 is 5.33. The van der Waals surface area contributed by atoms with Crippen molar-refractivity contribution in [3.63, 3.8) is 0 Å². The maximum atomic E-state index is 12.9. The Kier molecular flexibility index (Phi) is 6.09. The number of nitriles is 1. The minimum atomic E-state index is -1.41. The quantitative estimate of drug-likeness (QED) is 0.805. The first kappa shape index (κ1) is 20.7. The van der Waals surface area contributed by atoms with Crippen LogP contribution in [-0.4, -0.2) is 36.9 Å². The number of carbonyl (C=O) groups is 2. The highest BCUT2D eigenvalue weighted by Crippen LogP contribution is 2.29. The van der Waals surface area contributed by atoms with Gasteiger partial charge in [-0.2, -0.15) is 5.26 Å². The summed E-state index contributed by atoms with van der Waals surface area (Å²) in [5.41, 5.74) is -0.0705. The summed E-state index contributed by atoms with van der Waals surface area (Å²) in [6.45, 7) is 2.97. The maximum absolute atomic E-state index is 12.9. The van der Waals surface area contributed by atoms with E-state index in [4.69, 9.17) is 16.3 Å². The zero-order valence-corrected chi connectivity index (χ0v) is 17.1. The van der Waals surface area contributed by atoms with Crippen molar-refractivity contribution in [2.45, 2.75) is 25.2 Å². The fourth-order valence-corrected chi connectivity index (χ4v) is 3.46. The van der Waals surface area contributed by atoms with Crippen LogP contribution in [0.2, 0.25) is 5.02 Å². The summed E-state index contributed by atoms with van der Waals surface area (Å²) in [5.74, 6) is -0.177. The molecule has 7 heteroatoms. The van der Waals surface area contributed by atoms with E-state index in [1.165, 1.54) is 7.11 Å². The first-order valence-electron chi connectivity index (χ1n) is 9.35. The number of likely N-dealkylation sites (tertiary alicyclic amines) is 1. The average Bonchev–Trinajstić information content (AvgIpc) is 3.28. The van der Waals surface area contributed by atoms with Crippen molar-refractivity contribution in [1.29, 1.82) is 5.26 Å². The molecular formula is C22H22ClN3O3. The van der Waals surface area contributed by atoms with Crippen molar-refractivity contribution in [3.8, 4) is 11.8 Å². The van der Waals surface area contributed by atoms with Gasteiger partial charge in [0.1, 0.15) is 5.75 Å². The number of rotatable bonds is 5. The van der Waals surface area contributed by atoms with Gasteiger partial charge in [-0.1, -0.05) is 23.7 Å². The van der Waals surface area contributed by atoms with E-state index in [-0.39, 0.29) is 5.91 Å². The lowest BCUT2D eigenvalue weighted by Crippen LogP contribution is -2.36. The van der Waals surface area contributed by atoms with Crippen LogP contribution >= 0.6 is 11.6 Å². The number of anilines is 1. The number of carbonyl (C=O) groups excluding carboxylic acids is 2. The van der Waals surface area contributed by atoms with Crippen molar-refractivity contribution < 1.29 is 14.3 Å². The number of nitrogens with zero attached hydrogens (tertiary/aromatic N) is 2. The molecule has 1 aliphatic heterocycles. The first-order valence-corrected chi connectivity index (χ1v) is 9.73. The number of nitrogens with one attached hydrogen (secondary N) is 1. The number of halogens is 1. The van der Waals surface area contributed by atoms with E-state index in [0.29, 0.717) is 40.7 Å². The summed E-state index contributed by atoms with van der Waals surface area (Å²) in [7, 11) is 1.50. The summed E-state index contributed by atoms with van der Waals surface area (Å²) in [6.07, 6.45) is 1.96. The first-order chi connectivity index (χ1) is 13.9. The largest absolute Gasteiger partial charge is 0.496 e. The molecule has 2 aromatic carbocycles. The van der Waals surface area contributed by atoms with Crippen LogP contribution in [0.1, 0.15) is 35.7 Å². The molecule has 1 aliphatic rings. The molecule has 1 saturated heterocycles. The van der Waals surface area contributed by atoms with Crippen molar-refractivity contribution in [2.75, 3.05) is 25.5 Å². The number of methoxy groups -OCH3 is 1. The van der Waals surface area contributed by atoms with E-state index < -0.39 is 11.3 Å². The zero-order valence-electron chi connectivity index (χ0n) is 16.4. The van der Waals surface area contributed by atoms with Gasteiger partial charge in [-0.05, 0) is 55.7 Å². The molecule has 3 rings (SSSR count). The van der Waals surface area contributed by atoms with Crippen LogP contribution in [0.5, 0.6) is 5.75 Å². The Morgan fingerprint density at radius 3 is 2.41 bits per heavy atom. The van der Waals surface area contributed by atoms with Crippen LogP contribution in [0.3, 0.4) is 0 Å². The number of benzene rings is 2. The molecule has 0 aliphatic carbocycles. The molecule has 0 bridgehead atoms. The minimum Gasteiger partial charge on any atom is -0.496 e. The topological polar surface area (TPSA) is 82.4 Å². The van der Waals surface area contributed by atoms with Gasteiger partial charge in [0, 0.05) is 23.8 Å². The average molecular weight is 412 g/mol. The Morgan fingerprint density at radius 2 is 1.83 bits per heavy atom. The van der Waals surface area contributed by atoms with Gasteiger partial charge in [-0.3, -0.25) is 9.59 Å². The second-order valence-corrected chi connectivity index (χ2v) is 7.55. The Bertz CT molecular complexity index is 962. The van der Waals surface area contributed by atoms with Crippen molar-refractivity contribution in [3.05, 3.63) is 58.6 Å². The molecule has 0 saturated carbocycles. The molecular weight excluding hydrogens is 390 g/mol. The number of hydrogen-bond acceptors (Lipinski definition) is 4. The van der Waals surface area contributed by atoms with Gasteiger partial charge in [0.2, 0.25) is 5.91 Å². The molecule has 1 fully saturated rings. The lowest BCUT2D eigenvalue weighted by Gasteiger charge is -2.22. The summed E-state index contributed by atoms with van der Waals surface area (Å²) in [6, 6.07) is 13.6. The number of ether oxygens (including phenoxy) is 1. The van der Waals surface area contributed by atoms with Crippen LogP contribution in [0.25, 0.3) is 0 Å². The molecule has 0 unspecified atom stereocenters. The molecule has 1 N–H and O–H groups in total. The van der Waals surface area contributed by atoms with Crippen LogP contribution in [0.4, 0.5) is 5.69 Å². The highest BCUT2D eigenvalue weighted by molar-refractivity contribution is 6.30. The molecule has 2 amide bonds. The predicted molar refractivity (Wildman–Crippen MR) is 111 cm³/mol. The van der Waals surface area contributed by atoms with E-state index in [1.54, 1.807) is 54.3 Å². The fraction of sp³-hybridized carbons (Fsp3) is 0.318. The highest BCUT2D eigenvalue weighted by Gasteiger charge is 2.36. The van der Waals surface area contributed by atoms with Crippen molar-refractivity contribution >= 4 is 29.1 Å². The molecule has 150 valence electrons. The van der Waals surface area contributed by atoms with Crippen LogP contribution in [-0.2, 0) is 10.2 Å². The Labute approximate surface area is 175 Å². The molecule has 0 spiro atoms. The molecule has 1 atom stereocenters. The van der Waals surface area contributed by atoms with Crippen molar-refractivity contribution in [2.24, 2.45) is 0 Å². The van der Waals surface area contributed by atoms with E-state index >= 15 is 0 Å². The monoisotopic (exact) mass is 411 g/mol. The van der Waals surface area contributed by atoms with Gasteiger partial charge in [0.25, 0.3) is 5.91 Å². The number of hydrogen-bond donors (Lipinski definition) is 1. The third-order valence-electron chi connectivity index (χ3n) is 5.18. The molecule has 2 aromatic rings. The van der Waals surface area contributed by atoms with Crippen LogP contribution in [0.15, 0.2) is 42.5 Å². The number of amides is 2. The summed E-state index contributed by atoms with van der Waals surface area (Å²) >= 11 is 5.91. The van der Waals surface area contributed by atoms with Gasteiger partial charge in [-0.15, -0.1) is 0 Å². The molecule has 0 radical (unpaired) electrons. The highest BCUT2D eigenvalue weighted by atomic mass is 35.5. The lowest BCUT2D eigenvalue weighted by molar-refractivity contribution is -0.119. The Hall–Kier alpha value is -3.04. The Balaban J connectivity index is 1.88. The third-order valence-corrected chi connectivity index (χ3v) is 5.43. The standard InChI is InChI=1S/C22H22ClN3O3/c1-22(14-24,15-5-7-16(23)8-6-15)21(28)25-17-9-10-19(29-2)18(13-17)20(27)26-11-3-4-12-26/h5-10,13H,3-4,11-12H2,1-2H3,(H,25,28)/t22-/m0/s1. The van der Waals surface area contributed by atoms with E-state index in [0.717, 1.165) is 12.8 Å². The zero-order chi connectivity index (χ0) is 21.0. The molecule has 29 heavy (non-hydrogen) atoms. The molecule has 0 aromatic heterocycles. The third kappa shape index (κ3) is 4.20. The smallest absolute Gasteiger partial charge is 0.257 e. The predicted octanol–water partition coefficient (Wildman–Crippen LogP) is 4.00. The normalized spacial score (nSPS) is 15.3. The van der Waals surface area contributed by atoms with Crippen LogP contribution < -0.4 is 10.1 Å². The SMILES string of the molecule is COc1ccc(NC(=O)[C@@](C)(C#N)c2ccc(Cl)cc2)cc1C(=O)N1CCCC1. The van der Waals surface area contributed by atoms with Gasteiger partial charge in [0.05, 0.1) is 18.7 Å². The summed E-state index contributed by atoms with van der Waals surface area (Å²) in [5, 5.41) is 13.0. The Morgan fingerprint density at radius 1 is 1.17 bits per heavy atom. The van der Waals surface area contributed by atoms with Crippen molar-refractivity contribution in [1.82, 2.24) is 4.90 Å². The van der Waals surface area contributed by atoms with E-state index in [1.807, 2.05) is 0 Å². The second kappa shape index (κ2) is 8.54. The minimum absolute atomic E-state index is 0.129. The van der Waals surface area contributed by atoms with Gasteiger partial charge in [-0.25, -0.2) is 0 Å². The van der Waals surface area contributed by atoms with E-state index in [9.17, 15) is 14.9 Å². The second-order valence-electron chi connectivity index (χ2n) is 7.11.